The van der Waals surface area contributed by atoms with Crippen molar-refractivity contribution in [1.29, 1.82) is 0 Å². The molecule has 6 N–H and O–H groups in total. The zero-order valence-corrected chi connectivity index (χ0v) is 21.5. The van der Waals surface area contributed by atoms with Crippen molar-refractivity contribution in [3.63, 3.8) is 0 Å². The molecule has 0 saturated carbocycles. The van der Waals surface area contributed by atoms with Crippen molar-refractivity contribution in [2.24, 2.45) is 23.3 Å². The molecule has 0 bridgehead atoms. The summed E-state index contributed by atoms with van der Waals surface area (Å²) < 4.78 is 1.85. The van der Waals surface area contributed by atoms with Gasteiger partial charge in [0.05, 0.1) is 22.8 Å². The number of imidazole rings is 1. The Bertz CT molecular complexity index is 1230. The monoisotopic (exact) mass is 499 g/mol. The Balaban J connectivity index is 1.97. The zero-order valence-electron chi connectivity index (χ0n) is 20.7. The van der Waals surface area contributed by atoms with Gasteiger partial charge < -0.3 is 21.4 Å². The Morgan fingerprint density at radius 1 is 1.11 bits per heavy atom. The maximum absolute atomic E-state index is 13.4. The van der Waals surface area contributed by atoms with Crippen molar-refractivity contribution in [3.05, 3.63) is 34.8 Å². The Morgan fingerprint density at radius 3 is 2.40 bits per heavy atom. The summed E-state index contributed by atoms with van der Waals surface area (Å²) in [6.07, 6.45) is 0.447. The Kier molecular flexibility index (Phi) is 8.23. The molecule has 3 rings (SSSR count). The quantitative estimate of drug-likeness (QED) is 0.295. The van der Waals surface area contributed by atoms with Crippen LogP contribution >= 0.6 is 11.3 Å². The van der Waals surface area contributed by atoms with Gasteiger partial charge in [0.1, 0.15) is 0 Å². The molecule has 0 radical (unpaired) electrons. The Labute approximate surface area is 208 Å². The number of hydrogen-bond acceptors (Lipinski definition) is 8. The first-order valence-corrected chi connectivity index (χ1v) is 12.4. The number of ketones is 1. The second-order valence-corrected chi connectivity index (χ2v) is 10.4. The van der Waals surface area contributed by atoms with Crippen LogP contribution in [-0.2, 0) is 16.1 Å². The average Bonchev–Trinajstić information content (AvgIpc) is 3.33. The highest BCUT2D eigenvalue weighted by molar-refractivity contribution is 7.13. The molecule has 0 aliphatic carbocycles. The molecular weight excluding hydrogens is 466 g/mol. The van der Waals surface area contributed by atoms with Gasteiger partial charge in [-0.05, 0) is 43.4 Å². The summed E-state index contributed by atoms with van der Waals surface area (Å²) in [5.74, 6) is -0.873. The summed E-state index contributed by atoms with van der Waals surface area (Å²) in [5, 5.41) is 8.05. The van der Waals surface area contributed by atoms with Gasteiger partial charge in [0.15, 0.2) is 17.0 Å². The van der Waals surface area contributed by atoms with Gasteiger partial charge >= 0.3 is 0 Å². The first-order valence-electron chi connectivity index (χ1n) is 11.5. The standard InChI is InChI=1S/C24H33N7O3S/c1-12(2)8-16(25)20(32)19(29-24-27-14(5)11-35-24)22(34)30-23-28-17-9-15(21(26)33)6-7-18(17)31(23)10-13(3)4/h6-7,9,11-13,16,19H,8,10,25H2,1-5H3,(H2,26,33)(H,27,29)(H,28,30,34)/t16-,19-/m0/s1. The summed E-state index contributed by atoms with van der Waals surface area (Å²) in [6.45, 7) is 10.4. The zero-order chi connectivity index (χ0) is 25.9. The van der Waals surface area contributed by atoms with E-state index in [2.05, 4.69) is 20.6 Å². The number of benzene rings is 1. The summed E-state index contributed by atoms with van der Waals surface area (Å²) in [6, 6.07) is 2.90. The van der Waals surface area contributed by atoms with Crippen LogP contribution in [0.25, 0.3) is 11.0 Å². The third-order valence-corrected chi connectivity index (χ3v) is 6.23. The predicted molar refractivity (Wildman–Crippen MR) is 138 cm³/mol. The SMILES string of the molecule is Cc1csc(N[C@H](C(=O)Nc2nc3cc(C(N)=O)ccc3n2CC(C)C)C(=O)[C@@H](N)CC(C)C)n1. The van der Waals surface area contributed by atoms with Crippen LogP contribution in [0, 0.1) is 18.8 Å². The molecule has 0 aliphatic rings. The number of aromatic nitrogens is 3. The van der Waals surface area contributed by atoms with E-state index in [9.17, 15) is 14.4 Å². The number of nitrogens with two attached hydrogens (primary N) is 2. The number of nitrogens with zero attached hydrogens (tertiary/aromatic N) is 3. The van der Waals surface area contributed by atoms with Crippen LogP contribution < -0.4 is 22.1 Å². The van der Waals surface area contributed by atoms with E-state index in [4.69, 9.17) is 11.5 Å². The van der Waals surface area contributed by atoms with E-state index in [1.54, 1.807) is 18.2 Å². The van der Waals surface area contributed by atoms with Crippen molar-refractivity contribution < 1.29 is 14.4 Å². The number of aryl methyl sites for hydroxylation is 1. The summed E-state index contributed by atoms with van der Waals surface area (Å²) in [4.78, 5) is 47.2. The van der Waals surface area contributed by atoms with Gasteiger partial charge in [-0.1, -0.05) is 27.7 Å². The van der Waals surface area contributed by atoms with Crippen molar-refractivity contribution in [1.82, 2.24) is 14.5 Å². The lowest BCUT2D eigenvalue weighted by Gasteiger charge is -2.21. The summed E-state index contributed by atoms with van der Waals surface area (Å²) in [7, 11) is 0. The number of carbonyl (C=O) groups is 3. The van der Waals surface area contributed by atoms with Crippen LogP contribution in [0.1, 0.15) is 50.2 Å². The van der Waals surface area contributed by atoms with Crippen LogP contribution in [0.3, 0.4) is 0 Å². The molecule has 0 unspecified atom stereocenters. The molecule has 2 amide bonds. The molecule has 35 heavy (non-hydrogen) atoms. The first-order chi connectivity index (χ1) is 16.5. The van der Waals surface area contributed by atoms with Crippen molar-refractivity contribution in [2.45, 2.75) is 59.7 Å². The van der Waals surface area contributed by atoms with E-state index in [1.807, 2.05) is 44.6 Å². The number of carbonyl (C=O) groups excluding carboxylic acids is 3. The number of hydrogen-bond donors (Lipinski definition) is 4. The van der Waals surface area contributed by atoms with Crippen molar-refractivity contribution in [3.8, 4) is 0 Å². The minimum absolute atomic E-state index is 0.189. The van der Waals surface area contributed by atoms with Crippen molar-refractivity contribution in [2.75, 3.05) is 10.6 Å². The van der Waals surface area contributed by atoms with Gasteiger partial charge in [0.2, 0.25) is 11.9 Å². The van der Waals surface area contributed by atoms with E-state index in [1.165, 1.54) is 11.3 Å². The van der Waals surface area contributed by atoms with Gasteiger partial charge in [0, 0.05) is 17.5 Å². The van der Waals surface area contributed by atoms with Gasteiger partial charge in [-0.25, -0.2) is 9.97 Å². The lowest BCUT2D eigenvalue weighted by Crippen LogP contribution is -2.49. The summed E-state index contributed by atoms with van der Waals surface area (Å²) >= 11 is 1.30. The number of amides is 2. The van der Waals surface area contributed by atoms with E-state index in [-0.39, 0.29) is 17.8 Å². The van der Waals surface area contributed by atoms with Crippen molar-refractivity contribution >= 4 is 51.0 Å². The minimum Gasteiger partial charge on any atom is -0.366 e. The van der Waals surface area contributed by atoms with Crippen LogP contribution in [-0.4, -0.2) is 44.2 Å². The first kappa shape index (κ1) is 26.3. The highest BCUT2D eigenvalue weighted by atomic mass is 32.1. The van der Waals surface area contributed by atoms with Gasteiger partial charge in [-0.3, -0.25) is 19.7 Å². The third kappa shape index (κ3) is 6.43. The highest BCUT2D eigenvalue weighted by Crippen LogP contribution is 2.24. The number of rotatable bonds is 11. The molecule has 10 nitrogen and oxygen atoms in total. The number of thiazole rings is 1. The van der Waals surface area contributed by atoms with Crippen LogP contribution in [0.15, 0.2) is 23.6 Å². The van der Waals surface area contributed by atoms with Gasteiger partial charge in [-0.15, -0.1) is 11.3 Å². The second kappa shape index (κ2) is 11.0. The largest absolute Gasteiger partial charge is 0.366 e. The molecule has 1 aromatic carbocycles. The molecule has 188 valence electrons. The molecule has 0 spiro atoms. The second-order valence-electron chi connectivity index (χ2n) is 9.51. The average molecular weight is 500 g/mol. The fraction of sp³-hybridized carbons (Fsp3) is 0.458. The maximum atomic E-state index is 13.4. The molecule has 0 aliphatic heterocycles. The van der Waals surface area contributed by atoms with Crippen LogP contribution in [0.2, 0.25) is 0 Å². The number of anilines is 2. The molecule has 11 heteroatoms. The van der Waals surface area contributed by atoms with Gasteiger partial charge in [-0.2, -0.15) is 0 Å². The molecule has 2 aromatic heterocycles. The smallest absolute Gasteiger partial charge is 0.257 e. The van der Waals surface area contributed by atoms with E-state index in [0.29, 0.717) is 29.2 Å². The molecule has 2 heterocycles. The molecule has 0 fully saturated rings. The third-order valence-electron chi connectivity index (χ3n) is 5.34. The summed E-state index contributed by atoms with van der Waals surface area (Å²) in [5.41, 5.74) is 13.9. The van der Waals surface area contributed by atoms with Crippen LogP contribution in [0.4, 0.5) is 11.1 Å². The Morgan fingerprint density at radius 2 is 1.83 bits per heavy atom. The van der Waals surface area contributed by atoms with E-state index < -0.39 is 29.7 Å². The number of fused-ring (bicyclic) bond motifs is 1. The number of primary amides is 1. The van der Waals surface area contributed by atoms with E-state index >= 15 is 0 Å². The van der Waals surface area contributed by atoms with E-state index in [0.717, 1.165) is 11.2 Å². The topological polar surface area (TPSA) is 158 Å². The lowest BCUT2D eigenvalue weighted by atomic mass is 9.96. The number of nitrogens with one attached hydrogen (secondary N) is 2. The molecule has 3 aromatic rings. The molecular formula is C24H33N7O3S. The number of Topliss-reactive ketones (excluding diaryl/α,β-unsaturated/α-hetero) is 1. The fourth-order valence-corrected chi connectivity index (χ4v) is 4.48. The molecule has 2 atom stereocenters. The Hall–Kier alpha value is -3.31. The highest BCUT2D eigenvalue weighted by Gasteiger charge is 2.33. The maximum Gasteiger partial charge on any atom is 0.257 e. The fourth-order valence-electron chi connectivity index (χ4n) is 3.76. The normalized spacial score (nSPS) is 13.3. The minimum atomic E-state index is -1.25. The van der Waals surface area contributed by atoms with Gasteiger partial charge in [0.25, 0.3) is 5.91 Å². The molecule has 0 saturated heterocycles. The predicted octanol–water partition coefficient (Wildman–Crippen LogP) is 2.92. The lowest BCUT2D eigenvalue weighted by molar-refractivity contribution is -0.127. The van der Waals surface area contributed by atoms with Crippen LogP contribution in [0.5, 0.6) is 0 Å².